The molecule has 0 unspecified atom stereocenters. The molecule has 2 amide bonds. The molecule has 2 rings (SSSR count). The van der Waals surface area contributed by atoms with Crippen molar-refractivity contribution < 1.29 is 9.59 Å². The second-order valence-corrected chi connectivity index (χ2v) is 3.89. The number of carbonyl (C=O) groups is 2. The van der Waals surface area contributed by atoms with Crippen molar-refractivity contribution in [2.75, 3.05) is 0 Å². The molecule has 2 aromatic rings. The zero-order valence-electron chi connectivity index (χ0n) is 9.59. The van der Waals surface area contributed by atoms with E-state index < -0.39 is 11.8 Å². The minimum absolute atomic E-state index is 0.269. The molecule has 0 saturated carbocycles. The fourth-order valence-electron chi connectivity index (χ4n) is 1.71. The molecule has 0 atom stereocenters. The summed E-state index contributed by atoms with van der Waals surface area (Å²) in [4.78, 5) is 22.5. The Morgan fingerprint density at radius 3 is 1.67 bits per heavy atom. The van der Waals surface area contributed by atoms with Crippen molar-refractivity contribution in [1.29, 1.82) is 0 Å². The summed E-state index contributed by atoms with van der Waals surface area (Å²) < 4.78 is 0. The predicted octanol–water partition coefficient (Wildman–Crippen LogP) is 1.55. The fourth-order valence-corrected chi connectivity index (χ4v) is 1.71. The van der Waals surface area contributed by atoms with Gasteiger partial charge >= 0.3 is 0 Å². The van der Waals surface area contributed by atoms with Crippen LogP contribution in [0.3, 0.4) is 0 Å². The van der Waals surface area contributed by atoms with Gasteiger partial charge in [-0.1, -0.05) is 30.3 Å². The first-order valence-electron chi connectivity index (χ1n) is 5.38. The van der Waals surface area contributed by atoms with E-state index in [0.717, 1.165) is 11.1 Å². The van der Waals surface area contributed by atoms with E-state index in [1.807, 2.05) is 30.3 Å². The van der Waals surface area contributed by atoms with Gasteiger partial charge in [-0.3, -0.25) is 9.59 Å². The van der Waals surface area contributed by atoms with Gasteiger partial charge in [0.25, 0.3) is 0 Å². The first-order chi connectivity index (χ1) is 8.58. The minimum atomic E-state index is -0.588. The zero-order chi connectivity index (χ0) is 13.1. The molecule has 0 saturated heterocycles. The molecule has 0 aliphatic heterocycles. The van der Waals surface area contributed by atoms with Crippen molar-refractivity contribution in [1.82, 2.24) is 0 Å². The van der Waals surface area contributed by atoms with Crippen molar-refractivity contribution in [2.45, 2.75) is 0 Å². The van der Waals surface area contributed by atoms with E-state index in [4.69, 9.17) is 11.5 Å². The molecule has 0 aliphatic rings. The normalized spacial score (nSPS) is 10.0. The SMILES string of the molecule is NC(=O)c1cc(C(N)=O)cc(-c2ccccc2)c1. The van der Waals surface area contributed by atoms with Crippen LogP contribution in [0.15, 0.2) is 48.5 Å². The van der Waals surface area contributed by atoms with Crippen LogP contribution in [0.5, 0.6) is 0 Å². The first kappa shape index (κ1) is 11.9. The molecule has 0 fully saturated rings. The van der Waals surface area contributed by atoms with Gasteiger partial charge in [0.15, 0.2) is 0 Å². The number of hydrogen-bond donors (Lipinski definition) is 2. The highest BCUT2D eigenvalue weighted by molar-refractivity contribution is 6.00. The lowest BCUT2D eigenvalue weighted by Crippen LogP contribution is -2.15. The van der Waals surface area contributed by atoms with E-state index in [1.165, 1.54) is 6.07 Å². The lowest BCUT2D eigenvalue weighted by molar-refractivity contribution is 0.0999. The lowest BCUT2D eigenvalue weighted by atomic mass is 9.99. The fraction of sp³-hybridized carbons (Fsp3) is 0. The molecule has 0 aliphatic carbocycles. The maximum absolute atomic E-state index is 11.2. The highest BCUT2D eigenvalue weighted by Crippen LogP contribution is 2.22. The number of nitrogens with two attached hydrogens (primary N) is 2. The van der Waals surface area contributed by atoms with Crippen molar-refractivity contribution in [3.8, 4) is 11.1 Å². The van der Waals surface area contributed by atoms with Crippen LogP contribution in [0.2, 0.25) is 0 Å². The van der Waals surface area contributed by atoms with E-state index >= 15 is 0 Å². The van der Waals surface area contributed by atoms with Gasteiger partial charge in [0, 0.05) is 11.1 Å². The molecule has 0 spiro atoms. The molecule has 2 aromatic carbocycles. The van der Waals surface area contributed by atoms with Gasteiger partial charge in [-0.2, -0.15) is 0 Å². The maximum atomic E-state index is 11.2. The number of benzene rings is 2. The van der Waals surface area contributed by atoms with Gasteiger partial charge in [-0.15, -0.1) is 0 Å². The second-order valence-electron chi connectivity index (χ2n) is 3.89. The van der Waals surface area contributed by atoms with Gasteiger partial charge in [0.2, 0.25) is 11.8 Å². The highest BCUT2D eigenvalue weighted by Gasteiger charge is 2.09. The number of carbonyl (C=O) groups excluding carboxylic acids is 2. The summed E-state index contributed by atoms with van der Waals surface area (Å²) in [6.45, 7) is 0. The minimum Gasteiger partial charge on any atom is -0.366 e. The van der Waals surface area contributed by atoms with Gasteiger partial charge in [0.1, 0.15) is 0 Å². The van der Waals surface area contributed by atoms with Crippen LogP contribution in [0, 0.1) is 0 Å². The summed E-state index contributed by atoms with van der Waals surface area (Å²) in [5.74, 6) is -1.18. The van der Waals surface area contributed by atoms with Crippen LogP contribution >= 0.6 is 0 Å². The van der Waals surface area contributed by atoms with Crippen molar-refractivity contribution in [3.63, 3.8) is 0 Å². The van der Waals surface area contributed by atoms with Gasteiger partial charge in [-0.25, -0.2) is 0 Å². The Hall–Kier alpha value is -2.62. The molecule has 18 heavy (non-hydrogen) atoms. The van der Waals surface area contributed by atoms with Crippen LogP contribution in [-0.2, 0) is 0 Å². The lowest BCUT2D eigenvalue weighted by Gasteiger charge is -2.06. The van der Waals surface area contributed by atoms with Crippen molar-refractivity contribution >= 4 is 11.8 Å². The summed E-state index contributed by atoms with van der Waals surface area (Å²) in [7, 11) is 0. The number of hydrogen-bond acceptors (Lipinski definition) is 2. The Morgan fingerprint density at radius 2 is 1.22 bits per heavy atom. The third-order valence-electron chi connectivity index (χ3n) is 2.61. The predicted molar refractivity (Wildman–Crippen MR) is 68.9 cm³/mol. The van der Waals surface area contributed by atoms with E-state index in [9.17, 15) is 9.59 Å². The number of amides is 2. The molecule has 0 radical (unpaired) electrons. The monoisotopic (exact) mass is 240 g/mol. The van der Waals surface area contributed by atoms with Crippen LogP contribution in [0.1, 0.15) is 20.7 Å². The van der Waals surface area contributed by atoms with E-state index in [1.54, 1.807) is 12.1 Å². The molecule has 0 heterocycles. The Morgan fingerprint density at radius 1 is 0.722 bits per heavy atom. The summed E-state index contributed by atoms with van der Waals surface area (Å²) in [5, 5.41) is 0. The zero-order valence-corrected chi connectivity index (χ0v) is 9.59. The first-order valence-corrected chi connectivity index (χ1v) is 5.38. The van der Waals surface area contributed by atoms with Gasteiger partial charge < -0.3 is 11.5 Å². The standard InChI is InChI=1S/C14H12N2O2/c15-13(17)11-6-10(7-12(8-11)14(16)18)9-4-2-1-3-5-9/h1-8H,(H2,15,17)(H2,16,18). The Kier molecular flexibility index (Phi) is 3.10. The molecule has 4 N–H and O–H groups in total. The molecule has 0 aromatic heterocycles. The molecular formula is C14H12N2O2. The molecule has 4 heteroatoms. The molecular weight excluding hydrogens is 228 g/mol. The molecule has 4 nitrogen and oxygen atoms in total. The van der Waals surface area contributed by atoms with Crippen LogP contribution in [-0.4, -0.2) is 11.8 Å². The number of primary amides is 2. The van der Waals surface area contributed by atoms with Gasteiger partial charge in [-0.05, 0) is 29.3 Å². The quantitative estimate of drug-likeness (QED) is 0.852. The summed E-state index contributed by atoms with van der Waals surface area (Å²) >= 11 is 0. The smallest absolute Gasteiger partial charge is 0.248 e. The van der Waals surface area contributed by atoms with E-state index in [2.05, 4.69) is 0 Å². The van der Waals surface area contributed by atoms with Crippen LogP contribution < -0.4 is 11.5 Å². The summed E-state index contributed by atoms with van der Waals surface area (Å²) in [6.07, 6.45) is 0. The Labute approximate surface area is 104 Å². The maximum Gasteiger partial charge on any atom is 0.248 e. The second kappa shape index (κ2) is 4.71. The molecule has 90 valence electrons. The average Bonchev–Trinajstić information content (AvgIpc) is 2.39. The van der Waals surface area contributed by atoms with E-state index in [0.29, 0.717) is 0 Å². The molecule has 0 bridgehead atoms. The van der Waals surface area contributed by atoms with Crippen LogP contribution in [0.4, 0.5) is 0 Å². The van der Waals surface area contributed by atoms with Crippen molar-refractivity contribution in [3.05, 3.63) is 59.7 Å². The highest BCUT2D eigenvalue weighted by atomic mass is 16.1. The van der Waals surface area contributed by atoms with Crippen molar-refractivity contribution in [2.24, 2.45) is 11.5 Å². The average molecular weight is 240 g/mol. The third-order valence-corrected chi connectivity index (χ3v) is 2.61. The topological polar surface area (TPSA) is 86.2 Å². The van der Waals surface area contributed by atoms with Gasteiger partial charge in [0.05, 0.1) is 0 Å². The summed E-state index contributed by atoms with van der Waals surface area (Å²) in [6, 6.07) is 14.1. The number of rotatable bonds is 3. The van der Waals surface area contributed by atoms with E-state index in [-0.39, 0.29) is 11.1 Å². The Balaban J connectivity index is 2.61. The Bertz CT molecular complexity index is 574. The van der Waals surface area contributed by atoms with Crippen LogP contribution in [0.25, 0.3) is 11.1 Å². The third kappa shape index (κ3) is 2.38. The summed E-state index contributed by atoms with van der Waals surface area (Å²) in [5.41, 5.74) is 12.6. The largest absolute Gasteiger partial charge is 0.366 e.